The first kappa shape index (κ1) is 19.2. The van der Waals surface area contributed by atoms with Gasteiger partial charge in [-0.1, -0.05) is 23.4 Å². The van der Waals surface area contributed by atoms with Gasteiger partial charge in [-0.25, -0.2) is 8.78 Å². The lowest BCUT2D eigenvalue weighted by molar-refractivity contribution is 0.0113. The monoisotopic (exact) mass is 414 g/mol. The quantitative estimate of drug-likeness (QED) is 0.697. The summed E-state index contributed by atoms with van der Waals surface area (Å²) in [6.45, 7) is 1.89. The largest absolute Gasteiger partial charge is 0.361 e. The molecule has 0 unspecified atom stereocenters. The molecule has 3 aromatic rings. The summed E-state index contributed by atoms with van der Waals surface area (Å²) < 4.78 is 30.1. The van der Waals surface area contributed by atoms with Crippen LogP contribution < -0.4 is 0 Å². The SMILES string of the molecule is O=C(c1cn(C[C@@H]2CC(F)(F)CN2Cc2c[nH]c3ccccc23)nn1)N1CCCC1. The maximum atomic E-state index is 14.3. The molecule has 5 rings (SSSR count). The molecule has 0 radical (unpaired) electrons. The van der Waals surface area contributed by atoms with Crippen LogP contribution in [0.2, 0.25) is 0 Å². The lowest BCUT2D eigenvalue weighted by Crippen LogP contribution is -2.33. The van der Waals surface area contributed by atoms with Crippen LogP contribution in [0.3, 0.4) is 0 Å². The van der Waals surface area contributed by atoms with Gasteiger partial charge in [0.05, 0.1) is 19.3 Å². The van der Waals surface area contributed by atoms with Crippen molar-refractivity contribution in [1.82, 2.24) is 29.8 Å². The van der Waals surface area contributed by atoms with Gasteiger partial charge in [0.2, 0.25) is 0 Å². The Morgan fingerprint density at radius 1 is 1.23 bits per heavy atom. The molecule has 4 heterocycles. The maximum absolute atomic E-state index is 14.3. The number of amides is 1. The van der Waals surface area contributed by atoms with Crippen molar-refractivity contribution in [2.45, 2.75) is 44.3 Å². The summed E-state index contributed by atoms with van der Waals surface area (Å²) in [6.07, 6.45) is 5.24. The molecule has 0 saturated carbocycles. The van der Waals surface area contributed by atoms with Crippen LogP contribution in [0.5, 0.6) is 0 Å². The summed E-state index contributed by atoms with van der Waals surface area (Å²) >= 11 is 0. The van der Waals surface area contributed by atoms with E-state index >= 15 is 0 Å². The van der Waals surface area contributed by atoms with Gasteiger partial charge in [0.15, 0.2) is 5.69 Å². The van der Waals surface area contributed by atoms with E-state index < -0.39 is 5.92 Å². The number of hydrogen-bond acceptors (Lipinski definition) is 4. The standard InChI is InChI=1S/C21H24F2N6O/c22-21(23)9-16(12-29-13-19(25-26-29)20(30)27-7-3-4-8-27)28(14-21)11-15-10-24-18-6-2-1-5-17(15)18/h1-2,5-6,10,13,16,24H,3-4,7-9,11-12,14H2/t16-/m0/s1. The molecule has 2 aliphatic rings. The number of alkyl halides is 2. The fourth-order valence-electron chi connectivity index (χ4n) is 4.59. The van der Waals surface area contributed by atoms with Gasteiger partial charge in [0.1, 0.15) is 0 Å². The second-order valence-electron chi connectivity index (χ2n) is 8.30. The average molecular weight is 414 g/mol. The number of nitrogens with one attached hydrogen (secondary N) is 1. The van der Waals surface area contributed by atoms with Crippen LogP contribution in [-0.4, -0.2) is 67.3 Å². The third kappa shape index (κ3) is 3.69. The zero-order valence-corrected chi connectivity index (χ0v) is 16.6. The van der Waals surface area contributed by atoms with Crippen molar-refractivity contribution in [3.8, 4) is 0 Å². The highest BCUT2D eigenvalue weighted by Gasteiger charge is 2.45. The average Bonchev–Trinajstić information content (AvgIpc) is 3.50. The van der Waals surface area contributed by atoms with E-state index in [0.29, 0.717) is 6.54 Å². The minimum atomic E-state index is -2.74. The molecule has 0 bridgehead atoms. The summed E-state index contributed by atoms with van der Waals surface area (Å²) in [5.74, 6) is -2.88. The van der Waals surface area contributed by atoms with E-state index in [1.807, 2.05) is 30.5 Å². The Balaban J connectivity index is 1.32. The van der Waals surface area contributed by atoms with Crippen LogP contribution in [0.15, 0.2) is 36.7 Å². The second-order valence-corrected chi connectivity index (χ2v) is 8.30. The Kier molecular flexibility index (Phi) is 4.77. The fourth-order valence-corrected chi connectivity index (χ4v) is 4.59. The lowest BCUT2D eigenvalue weighted by Gasteiger charge is -2.23. The van der Waals surface area contributed by atoms with Crippen LogP contribution in [0, 0.1) is 0 Å². The number of H-pyrrole nitrogens is 1. The summed E-state index contributed by atoms with van der Waals surface area (Å²) in [6, 6.07) is 7.48. The number of carbonyl (C=O) groups is 1. The number of halogens is 2. The molecule has 9 heteroatoms. The molecule has 0 spiro atoms. The topological polar surface area (TPSA) is 70.0 Å². The molecule has 158 valence electrons. The van der Waals surface area contributed by atoms with Crippen molar-refractivity contribution in [3.63, 3.8) is 0 Å². The van der Waals surface area contributed by atoms with E-state index in [9.17, 15) is 13.6 Å². The molecule has 2 fully saturated rings. The number of carbonyl (C=O) groups excluding carboxylic acids is 1. The van der Waals surface area contributed by atoms with Crippen molar-refractivity contribution >= 4 is 16.8 Å². The smallest absolute Gasteiger partial charge is 0.276 e. The predicted octanol–water partition coefficient (Wildman–Crippen LogP) is 2.91. The third-order valence-corrected chi connectivity index (χ3v) is 6.08. The second kappa shape index (κ2) is 7.46. The zero-order chi connectivity index (χ0) is 20.7. The Hall–Kier alpha value is -2.81. The van der Waals surface area contributed by atoms with E-state index in [-0.39, 0.29) is 37.2 Å². The Morgan fingerprint density at radius 3 is 2.87 bits per heavy atom. The normalized spacial score (nSPS) is 21.7. The van der Waals surface area contributed by atoms with Crippen molar-refractivity contribution in [2.24, 2.45) is 0 Å². The first-order chi connectivity index (χ1) is 14.5. The van der Waals surface area contributed by atoms with Gasteiger partial charge in [-0.05, 0) is 24.5 Å². The van der Waals surface area contributed by atoms with Gasteiger partial charge in [0, 0.05) is 49.2 Å². The highest BCUT2D eigenvalue weighted by molar-refractivity contribution is 5.92. The van der Waals surface area contributed by atoms with Crippen LogP contribution in [0.4, 0.5) is 8.78 Å². The Morgan fingerprint density at radius 2 is 2.03 bits per heavy atom. The van der Waals surface area contributed by atoms with Crippen molar-refractivity contribution in [3.05, 3.63) is 47.9 Å². The van der Waals surface area contributed by atoms with Crippen molar-refractivity contribution in [1.29, 1.82) is 0 Å². The minimum absolute atomic E-state index is 0.133. The third-order valence-electron chi connectivity index (χ3n) is 6.08. The number of para-hydroxylation sites is 1. The van der Waals surface area contributed by atoms with E-state index in [4.69, 9.17) is 0 Å². The number of aromatic amines is 1. The zero-order valence-electron chi connectivity index (χ0n) is 16.6. The van der Waals surface area contributed by atoms with E-state index in [1.165, 1.54) is 4.68 Å². The number of hydrogen-bond donors (Lipinski definition) is 1. The van der Waals surface area contributed by atoms with Gasteiger partial charge < -0.3 is 9.88 Å². The Labute approximate surface area is 172 Å². The molecule has 2 aliphatic heterocycles. The highest BCUT2D eigenvalue weighted by Crippen LogP contribution is 2.34. The summed E-state index contributed by atoms with van der Waals surface area (Å²) in [7, 11) is 0. The van der Waals surface area contributed by atoms with Crippen molar-refractivity contribution in [2.75, 3.05) is 19.6 Å². The van der Waals surface area contributed by atoms with E-state index in [0.717, 1.165) is 42.4 Å². The van der Waals surface area contributed by atoms with Crippen LogP contribution >= 0.6 is 0 Å². The molecule has 2 aromatic heterocycles. The van der Waals surface area contributed by atoms with Gasteiger partial charge >= 0.3 is 0 Å². The molecule has 1 N–H and O–H groups in total. The van der Waals surface area contributed by atoms with Gasteiger partial charge in [0.25, 0.3) is 11.8 Å². The summed E-state index contributed by atoms with van der Waals surface area (Å²) in [5.41, 5.74) is 2.28. The van der Waals surface area contributed by atoms with Gasteiger partial charge in [-0.2, -0.15) is 0 Å². The molecule has 7 nitrogen and oxygen atoms in total. The van der Waals surface area contributed by atoms with E-state index in [2.05, 4.69) is 15.3 Å². The molecule has 0 aliphatic carbocycles. The number of aromatic nitrogens is 4. The number of nitrogens with zero attached hydrogens (tertiary/aromatic N) is 5. The number of benzene rings is 1. The molecular weight excluding hydrogens is 390 g/mol. The molecule has 1 aromatic carbocycles. The van der Waals surface area contributed by atoms with Gasteiger partial charge in [-0.3, -0.25) is 14.4 Å². The lowest BCUT2D eigenvalue weighted by atomic mass is 10.1. The summed E-state index contributed by atoms with van der Waals surface area (Å²) in [5, 5.41) is 9.08. The molecule has 30 heavy (non-hydrogen) atoms. The van der Waals surface area contributed by atoms with E-state index in [1.54, 1.807) is 16.0 Å². The van der Waals surface area contributed by atoms with Crippen LogP contribution in [-0.2, 0) is 13.1 Å². The molecule has 1 amide bonds. The molecule has 1 atom stereocenters. The first-order valence-corrected chi connectivity index (χ1v) is 10.3. The molecular formula is C21H24F2N6O. The van der Waals surface area contributed by atoms with Crippen LogP contribution in [0.1, 0.15) is 35.3 Å². The highest BCUT2D eigenvalue weighted by atomic mass is 19.3. The molecule has 2 saturated heterocycles. The van der Waals surface area contributed by atoms with Crippen molar-refractivity contribution < 1.29 is 13.6 Å². The van der Waals surface area contributed by atoms with Crippen LogP contribution in [0.25, 0.3) is 10.9 Å². The Bertz CT molecular complexity index is 1050. The number of rotatable bonds is 5. The fraction of sp³-hybridized carbons (Fsp3) is 0.476. The first-order valence-electron chi connectivity index (χ1n) is 10.3. The minimum Gasteiger partial charge on any atom is -0.361 e. The van der Waals surface area contributed by atoms with Gasteiger partial charge in [-0.15, -0.1) is 5.10 Å². The predicted molar refractivity (Wildman–Crippen MR) is 107 cm³/mol. The summed E-state index contributed by atoms with van der Waals surface area (Å²) in [4.78, 5) is 19.3. The number of fused-ring (bicyclic) bond motifs is 1. The maximum Gasteiger partial charge on any atom is 0.276 e. The number of likely N-dealkylation sites (tertiary alicyclic amines) is 2.